The van der Waals surface area contributed by atoms with Crippen molar-refractivity contribution < 1.29 is 19.0 Å². The maximum Gasteiger partial charge on any atom is 0.328 e. The van der Waals surface area contributed by atoms with Gasteiger partial charge in [-0.1, -0.05) is 12.1 Å². The molecule has 0 saturated carbocycles. The Labute approximate surface area is 121 Å². The van der Waals surface area contributed by atoms with Gasteiger partial charge in [-0.25, -0.2) is 9.18 Å². The topological polar surface area (TPSA) is 59.4 Å². The van der Waals surface area contributed by atoms with E-state index in [2.05, 4.69) is 4.98 Å². The second kappa shape index (κ2) is 7.19. The number of aromatic nitrogens is 1. The van der Waals surface area contributed by atoms with E-state index in [-0.39, 0.29) is 5.75 Å². The Morgan fingerprint density at radius 1 is 1.29 bits per heavy atom. The molecule has 1 aromatic carbocycles. The van der Waals surface area contributed by atoms with Gasteiger partial charge in [0.2, 0.25) is 0 Å². The van der Waals surface area contributed by atoms with Crippen molar-refractivity contribution in [3.8, 4) is 5.75 Å². The summed E-state index contributed by atoms with van der Waals surface area (Å²) in [7, 11) is 0. The van der Waals surface area contributed by atoms with E-state index in [1.54, 1.807) is 18.5 Å². The first kappa shape index (κ1) is 14.7. The molecule has 0 atom stereocenters. The number of hydrogen-bond donors (Lipinski definition) is 1. The zero-order valence-electron chi connectivity index (χ0n) is 11.2. The van der Waals surface area contributed by atoms with Crippen LogP contribution in [0.4, 0.5) is 4.39 Å². The zero-order valence-corrected chi connectivity index (χ0v) is 11.2. The van der Waals surface area contributed by atoms with Crippen LogP contribution in [0.2, 0.25) is 0 Å². The number of carboxylic acids is 1. The van der Waals surface area contributed by atoms with E-state index in [1.165, 1.54) is 18.2 Å². The van der Waals surface area contributed by atoms with Crippen molar-refractivity contribution in [2.75, 3.05) is 6.61 Å². The Kier molecular flexibility index (Phi) is 5.04. The van der Waals surface area contributed by atoms with Crippen molar-refractivity contribution in [1.29, 1.82) is 0 Å². The number of aliphatic carboxylic acids is 1. The Hall–Kier alpha value is -2.69. The van der Waals surface area contributed by atoms with Crippen molar-refractivity contribution in [2.45, 2.75) is 6.42 Å². The smallest absolute Gasteiger partial charge is 0.328 e. The molecule has 0 spiro atoms. The first-order valence-corrected chi connectivity index (χ1v) is 6.38. The Morgan fingerprint density at radius 3 is 2.76 bits per heavy atom. The van der Waals surface area contributed by atoms with E-state index in [4.69, 9.17) is 9.84 Å². The molecule has 0 saturated heterocycles. The maximum atomic E-state index is 13.8. The van der Waals surface area contributed by atoms with Gasteiger partial charge in [-0.2, -0.15) is 0 Å². The summed E-state index contributed by atoms with van der Waals surface area (Å²) in [5.74, 6) is -1.55. The van der Waals surface area contributed by atoms with Crippen molar-refractivity contribution >= 4 is 12.0 Å². The summed E-state index contributed by atoms with van der Waals surface area (Å²) in [5.41, 5.74) is 1.43. The van der Waals surface area contributed by atoms with E-state index in [9.17, 15) is 9.18 Å². The molecule has 4 nitrogen and oxygen atoms in total. The van der Waals surface area contributed by atoms with Crippen LogP contribution in [0, 0.1) is 5.82 Å². The number of rotatable bonds is 6. The Morgan fingerprint density at radius 2 is 2.05 bits per heavy atom. The minimum Gasteiger partial charge on any atom is -0.490 e. The highest BCUT2D eigenvalue weighted by atomic mass is 19.1. The van der Waals surface area contributed by atoms with E-state index < -0.39 is 11.8 Å². The molecule has 0 aliphatic carbocycles. The summed E-state index contributed by atoms with van der Waals surface area (Å²) in [4.78, 5) is 14.5. The molecular formula is C16H14FNO3. The molecule has 1 aromatic heterocycles. The predicted molar refractivity (Wildman–Crippen MR) is 76.5 cm³/mol. The fraction of sp³-hybridized carbons (Fsp3) is 0.125. The molecule has 1 heterocycles. The highest BCUT2D eigenvalue weighted by Crippen LogP contribution is 2.24. The lowest BCUT2D eigenvalue weighted by Crippen LogP contribution is -2.04. The third-order valence-electron chi connectivity index (χ3n) is 2.79. The second-order valence-electron chi connectivity index (χ2n) is 4.28. The van der Waals surface area contributed by atoms with Gasteiger partial charge in [0.1, 0.15) is 0 Å². The van der Waals surface area contributed by atoms with Crippen LogP contribution in [-0.4, -0.2) is 22.7 Å². The van der Waals surface area contributed by atoms with Crippen LogP contribution in [0.5, 0.6) is 5.75 Å². The van der Waals surface area contributed by atoms with Crippen LogP contribution in [0.15, 0.2) is 48.8 Å². The molecule has 0 aliphatic heterocycles. The summed E-state index contributed by atoms with van der Waals surface area (Å²) in [6.45, 7) is 0.291. The number of para-hydroxylation sites is 1. The van der Waals surface area contributed by atoms with E-state index in [0.29, 0.717) is 18.6 Å². The molecule has 0 amide bonds. The fourth-order valence-corrected chi connectivity index (χ4v) is 1.79. The molecule has 1 N–H and O–H groups in total. The summed E-state index contributed by atoms with van der Waals surface area (Å²) >= 11 is 0. The molecule has 21 heavy (non-hydrogen) atoms. The zero-order chi connectivity index (χ0) is 15.1. The number of halogens is 1. The standard InChI is InChI=1S/C16H14FNO3/c17-14-3-1-2-13(4-5-15(19)20)16(14)21-11-8-12-6-9-18-10-7-12/h1-7,9-10H,8,11H2,(H,19,20)/b5-4+. The largest absolute Gasteiger partial charge is 0.490 e. The van der Waals surface area contributed by atoms with Crippen LogP contribution < -0.4 is 4.74 Å². The first-order chi connectivity index (χ1) is 10.2. The molecule has 0 unspecified atom stereocenters. The van der Waals surface area contributed by atoms with E-state index in [0.717, 1.165) is 11.6 Å². The molecule has 0 radical (unpaired) electrons. The second-order valence-corrected chi connectivity index (χ2v) is 4.28. The van der Waals surface area contributed by atoms with Crippen LogP contribution in [0.1, 0.15) is 11.1 Å². The molecule has 0 bridgehead atoms. The number of hydrogen-bond acceptors (Lipinski definition) is 3. The van der Waals surface area contributed by atoms with Crippen molar-refractivity contribution in [1.82, 2.24) is 4.98 Å². The predicted octanol–water partition coefficient (Wildman–Crippen LogP) is 2.94. The minimum absolute atomic E-state index is 0.0593. The average molecular weight is 287 g/mol. The monoisotopic (exact) mass is 287 g/mol. The van der Waals surface area contributed by atoms with Crippen LogP contribution in [0.25, 0.3) is 6.08 Å². The highest BCUT2D eigenvalue weighted by Gasteiger charge is 2.08. The fourth-order valence-electron chi connectivity index (χ4n) is 1.79. The van der Waals surface area contributed by atoms with Crippen LogP contribution in [0.3, 0.4) is 0 Å². The van der Waals surface area contributed by atoms with Gasteiger partial charge in [0.05, 0.1) is 6.61 Å². The minimum atomic E-state index is -1.10. The molecule has 108 valence electrons. The van der Waals surface area contributed by atoms with Crippen LogP contribution >= 0.6 is 0 Å². The SMILES string of the molecule is O=C(O)/C=C/c1cccc(F)c1OCCc1ccncc1. The average Bonchev–Trinajstić information content (AvgIpc) is 2.48. The van der Waals surface area contributed by atoms with Crippen LogP contribution in [-0.2, 0) is 11.2 Å². The molecule has 0 fully saturated rings. The van der Waals surface area contributed by atoms with Gasteiger partial charge in [0, 0.05) is 30.5 Å². The molecule has 5 heteroatoms. The molecule has 2 rings (SSSR count). The lowest BCUT2D eigenvalue weighted by Gasteiger charge is -2.10. The third-order valence-corrected chi connectivity index (χ3v) is 2.79. The normalized spacial score (nSPS) is 10.7. The molecule has 0 aliphatic rings. The van der Waals surface area contributed by atoms with Gasteiger partial charge >= 0.3 is 5.97 Å². The Balaban J connectivity index is 2.06. The lowest BCUT2D eigenvalue weighted by molar-refractivity contribution is -0.131. The number of carboxylic acid groups (broad SMARTS) is 1. The van der Waals surface area contributed by atoms with Gasteiger partial charge < -0.3 is 9.84 Å². The third kappa shape index (κ3) is 4.42. The number of nitrogens with zero attached hydrogens (tertiary/aromatic N) is 1. The van der Waals surface area contributed by atoms with Crippen molar-refractivity contribution in [3.63, 3.8) is 0 Å². The summed E-state index contributed by atoms with van der Waals surface area (Å²) in [5, 5.41) is 8.63. The molecule has 2 aromatic rings. The highest BCUT2D eigenvalue weighted by molar-refractivity contribution is 5.85. The van der Waals surface area contributed by atoms with Gasteiger partial charge in [0.15, 0.2) is 11.6 Å². The summed E-state index contributed by atoms with van der Waals surface area (Å²) < 4.78 is 19.2. The summed E-state index contributed by atoms with van der Waals surface area (Å²) in [6.07, 6.45) is 6.23. The first-order valence-electron chi connectivity index (χ1n) is 6.38. The maximum absolute atomic E-state index is 13.8. The van der Waals surface area contributed by atoms with Gasteiger partial charge in [-0.3, -0.25) is 4.98 Å². The van der Waals surface area contributed by atoms with Gasteiger partial charge in [-0.05, 0) is 29.8 Å². The van der Waals surface area contributed by atoms with E-state index >= 15 is 0 Å². The number of pyridine rings is 1. The van der Waals surface area contributed by atoms with Gasteiger partial charge in [-0.15, -0.1) is 0 Å². The summed E-state index contributed by atoms with van der Waals surface area (Å²) in [6, 6.07) is 8.10. The Bertz CT molecular complexity index is 641. The van der Waals surface area contributed by atoms with Crippen molar-refractivity contribution in [2.24, 2.45) is 0 Å². The van der Waals surface area contributed by atoms with Crippen molar-refractivity contribution in [3.05, 3.63) is 65.7 Å². The lowest BCUT2D eigenvalue weighted by atomic mass is 10.1. The molecular weight excluding hydrogens is 273 g/mol. The number of carbonyl (C=O) groups is 1. The van der Waals surface area contributed by atoms with Gasteiger partial charge in [0.25, 0.3) is 0 Å². The number of benzene rings is 1. The van der Waals surface area contributed by atoms with E-state index in [1.807, 2.05) is 12.1 Å². The number of ether oxygens (including phenoxy) is 1. The quantitative estimate of drug-likeness (QED) is 0.830.